The van der Waals surface area contributed by atoms with Crippen LogP contribution in [0.5, 0.6) is 0 Å². The maximum absolute atomic E-state index is 6.81. The van der Waals surface area contributed by atoms with E-state index in [2.05, 4.69) is 193 Å². The standard InChI is InChI=1S/C53H47BN2O2/c1-30-23-31(2)50(32(3)24-30)54-40-13-12-16-44-51(40)56(45-29-49-39(28-41(45)54)38-21-18-34(53(7,8)9)26-47(38)58-49)43-15-11-10-14-42(43)55(44)35-19-22-37-36-20-17-33(52(4,5)6)25-46(36)57-48(37)27-35/h10-29H,1-9H3. The van der Waals surface area contributed by atoms with E-state index in [1.54, 1.807) is 0 Å². The normalized spacial score (nSPS) is 13.8. The van der Waals surface area contributed by atoms with Gasteiger partial charge in [-0.15, -0.1) is 0 Å². The second kappa shape index (κ2) is 11.9. The fourth-order valence-corrected chi connectivity index (χ4v) is 10.0. The van der Waals surface area contributed by atoms with Gasteiger partial charge in [0, 0.05) is 39.4 Å². The molecule has 2 aromatic heterocycles. The molecule has 0 unspecified atom stereocenters. The molecule has 0 atom stereocenters. The molecule has 9 aromatic rings. The van der Waals surface area contributed by atoms with Crippen LogP contribution < -0.4 is 26.2 Å². The van der Waals surface area contributed by atoms with Crippen LogP contribution in [-0.2, 0) is 10.8 Å². The summed E-state index contributed by atoms with van der Waals surface area (Å²) in [7, 11) is 0. The summed E-state index contributed by atoms with van der Waals surface area (Å²) in [4.78, 5) is 4.94. The van der Waals surface area contributed by atoms with Gasteiger partial charge in [-0.05, 0) is 96.1 Å². The highest BCUT2D eigenvalue weighted by Crippen LogP contribution is 2.55. The second-order valence-corrected chi connectivity index (χ2v) is 18.8. The molecule has 2 aliphatic rings. The lowest BCUT2D eigenvalue weighted by molar-refractivity contribution is 0.587. The molecule has 4 heterocycles. The van der Waals surface area contributed by atoms with Crippen molar-refractivity contribution < 1.29 is 8.83 Å². The summed E-state index contributed by atoms with van der Waals surface area (Å²) in [6.45, 7) is 20.3. The highest BCUT2D eigenvalue weighted by atomic mass is 16.3. The Morgan fingerprint density at radius 2 is 0.983 bits per heavy atom. The van der Waals surface area contributed by atoms with Crippen molar-refractivity contribution in [1.82, 2.24) is 0 Å². The summed E-state index contributed by atoms with van der Waals surface area (Å²) in [5, 5.41) is 4.58. The Bertz CT molecular complexity index is 3180. The number of hydrogen-bond acceptors (Lipinski definition) is 4. The molecule has 0 amide bonds. The molecule has 11 rings (SSSR count). The van der Waals surface area contributed by atoms with Gasteiger partial charge in [0.25, 0.3) is 0 Å². The van der Waals surface area contributed by atoms with Crippen molar-refractivity contribution in [3.63, 3.8) is 0 Å². The monoisotopic (exact) mass is 754 g/mol. The van der Waals surface area contributed by atoms with E-state index in [0.717, 1.165) is 72.3 Å². The zero-order valence-corrected chi connectivity index (χ0v) is 34.8. The first kappa shape index (κ1) is 35.0. The number of benzene rings is 7. The van der Waals surface area contributed by atoms with E-state index >= 15 is 0 Å². The Morgan fingerprint density at radius 3 is 1.60 bits per heavy atom. The molecule has 5 heteroatoms. The lowest BCUT2D eigenvalue weighted by Gasteiger charge is -2.45. The van der Waals surface area contributed by atoms with E-state index in [1.807, 2.05) is 0 Å². The van der Waals surface area contributed by atoms with Crippen molar-refractivity contribution in [3.8, 4) is 0 Å². The summed E-state index contributed by atoms with van der Waals surface area (Å²) in [6, 6.07) is 45.3. The lowest BCUT2D eigenvalue weighted by Crippen LogP contribution is -2.59. The Labute approximate surface area is 340 Å². The Hall–Kier alpha value is -6.20. The van der Waals surface area contributed by atoms with Crippen molar-refractivity contribution >= 4 is 101 Å². The number of para-hydroxylation sites is 3. The number of hydrogen-bond donors (Lipinski definition) is 0. The maximum atomic E-state index is 6.81. The first-order chi connectivity index (χ1) is 27.7. The van der Waals surface area contributed by atoms with Crippen LogP contribution in [0.25, 0.3) is 43.9 Å². The third-order valence-electron chi connectivity index (χ3n) is 12.8. The Morgan fingerprint density at radius 1 is 0.448 bits per heavy atom. The van der Waals surface area contributed by atoms with Gasteiger partial charge < -0.3 is 18.6 Å². The second-order valence-electron chi connectivity index (χ2n) is 18.8. The molecule has 0 N–H and O–H groups in total. The molecule has 0 saturated carbocycles. The molecular formula is C53H47BN2O2. The van der Waals surface area contributed by atoms with E-state index < -0.39 is 0 Å². The van der Waals surface area contributed by atoms with Crippen LogP contribution in [-0.4, -0.2) is 6.71 Å². The van der Waals surface area contributed by atoms with Gasteiger partial charge in [-0.25, -0.2) is 0 Å². The first-order valence-electron chi connectivity index (χ1n) is 20.6. The van der Waals surface area contributed by atoms with Crippen molar-refractivity contribution in [3.05, 3.63) is 149 Å². The van der Waals surface area contributed by atoms with Crippen molar-refractivity contribution in [2.45, 2.75) is 73.1 Å². The van der Waals surface area contributed by atoms with E-state index in [9.17, 15) is 0 Å². The van der Waals surface area contributed by atoms with Crippen molar-refractivity contribution in [1.29, 1.82) is 0 Å². The van der Waals surface area contributed by atoms with Crippen LogP contribution in [0, 0.1) is 20.8 Å². The molecule has 58 heavy (non-hydrogen) atoms. The van der Waals surface area contributed by atoms with E-state index in [0.29, 0.717) is 0 Å². The zero-order chi connectivity index (χ0) is 40.0. The number of fused-ring (bicyclic) bond motifs is 10. The Balaban J connectivity index is 1.18. The lowest BCUT2D eigenvalue weighted by atomic mass is 9.33. The number of anilines is 6. The zero-order valence-electron chi connectivity index (χ0n) is 34.8. The molecule has 0 bridgehead atoms. The van der Waals surface area contributed by atoms with Gasteiger partial charge in [-0.1, -0.05) is 130 Å². The molecule has 0 fully saturated rings. The van der Waals surface area contributed by atoms with Crippen LogP contribution in [0.2, 0.25) is 0 Å². The molecule has 4 nitrogen and oxygen atoms in total. The maximum Gasteiger partial charge on any atom is 0.247 e. The van der Waals surface area contributed by atoms with Crippen LogP contribution in [0.3, 0.4) is 0 Å². The summed E-state index contributed by atoms with van der Waals surface area (Å²) in [5.41, 5.74) is 20.9. The van der Waals surface area contributed by atoms with Gasteiger partial charge in [0.05, 0.1) is 28.4 Å². The molecule has 0 radical (unpaired) electrons. The van der Waals surface area contributed by atoms with Crippen LogP contribution in [0.4, 0.5) is 34.1 Å². The molecule has 0 spiro atoms. The molecular weight excluding hydrogens is 707 g/mol. The minimum atomic E-state index is 0.00646. The minimum Gasteiger partial charge on any atom is -0.456 e. The summed E-state index contributed by atoms with van der Waals surface area (Å²) in [5.74, 6) is 0. The van der Waals surface area contributed by atoms with Gasteiger partial charge in [0.1, 0.15) is 22.3 Å². The number of nitrogens with zero attached hydrogens (tertiary/aromatic N) is 2. The van der Waals surface area contributed by atoms with Gasteiger partial charge in [-0.2, -0.15) is 0 Å². The quantitative estimate of drug-likeness (QED) is 0.165. The van der Waals surface area contributed by atoms with Crippen molar-refractivity contribution in [2.75, 3.05) is 9.80 Å². The summed E-state index contributed by atoms with van der Waals surface area (Å²) < 4.78 is 13.5. The largest absolute Gasteiger partial charge is 0.456 e. The smallest absolute Gasteiger partial charge is 0.247 e. The van der Waals surface area contributed by atoms with Gasteiger partial charge >= 0.3 is 0 Å². The third-order valence-corrected chi connectivity index (χ3v) is 12.8. The summed E-state index contributed by atoms with van der Waals surface area (Å²) >= 11 is 0. The molecule has 284 valence electrons. The van der Waals surface area contributed by atoms with Crippen LogP contribution >= 0.6 is 0 Å². The minimum absolute atomic E-state index is 0.00646. The predicted octanol–water partition coefficient (Wildman–Crippen LogP) is 13.1. The number of furan rings is 2. The van der Waals surface area contributed by atoms with E-state index in [-0.39, 0.29) is 17.5 Å². The van der Waals surface area contributed by atoms with Gasteiger partial charge in [-0.3, -0.25) is 0 Å². The molecule has 7 aromatic carbocycles. The van der Waals surface area contributed by atoms with Gasteiger partial charge in [0.2, 0.25) is 6.71 Å². The summed E-state index contributed by atoms with van der Waals surface area (Å²) in [6.07, 6.45) is 0. The molecule has 0 saturated heterocycles. The molecule has 2 aliphatic heterocycles. The van der Waals surface area contributed by atoms with E-state index in [4.69, 9.17) is 8.83 Å². The third kappa shape index (κ3) is 5.01. The first-order valence-corrected chi connectivity index (χ1v) is 20.6. The fourth-order valence-electron chi connectivity index (χ4n) is 10.0. The average molecular weight is 755 g/mol. The van der Waals surface area contributed by atoms with Crippen LogP contribution in [0.1, 0.15) is 69.4 Å². The predicted molar refractivity (Wildman–Crippen MR) is 247 cm³/mol. The highest BCUT2D eigenvalue weighted by molar-refractivity contribution is 6.98. The van der Waals surface area contributed by atoms with Gasteiger partial charge in [0.15, 0.2) is 0 Å². The van der Waals surface area contributed by atoms with E-state index in [1.165, 1.54) is 49.9 Å². The fraction of sp³-hybridized carbons (Fsp3) is 0.208. The number of aryl methyl sites for hydroxylation is 3. The van der Waals surface area contributed by atoms with Crippen molar-refractivity contribution in [2.24, 2.45) is 0 Å². The molecule has 0 aliphatic carbocycles. The average Bonchev–Trinajstić information content (AvgIpc) is 3.73. The topological polar surface area (TPSA) is 32.8 Å². The SMILES string of the molecule is Cc1cc(C)c(B2c3cc4c(cc3N3c5ccccc5N(c5ccc6c(c5)oc5cc(C(C)(C)C)ccc56)c5cccc2c53)oc2cc(C(C)(C)C)ccc24)c(C)c1. The Kier molecular flexibility index (Phi) is 7.20. The highest BCUT2D eigenvalue weighted by Gasteiger charge is 2.43. The van der Waals surface area contributed by atoms with Crippen LogP contribution in [0.15, 0.2) is 130 Å². The number of rotatable bonds is 2.